The Hall–Kier alpha value is -2.28. The first kappa shape index (κ1) is 17.1. The first-order chi connectivity index (χ1) is 10.7. The van der Waals surface area contributed by atoms with Gasteiger partial charge in [0, 0.05) is 0 Å². The third kappa shape index (κ3) is 4.59. The molecular formula is C11H12N4O6S2. The molecule has 124 valence electrons. The largest absolute Gasteiger partial charge is 0.463 e. The van der Waals surface area contributed by atoms with E-state index >= 15 is 0 Å². The fourth-order valence-corrected chi connectivity index (χ4v) is 3.75. The van der Waals surface area contributed by atoms with Crippen molar-refractivity contribution in [3.63, 3.8) is 0 Å². The molecule has 0 aliphatic rings. The quantitative estimate of drug-likeness (QED) is 0.600. The van der Waals surface area contributed by atoms with Crippen molar-refractivity contribution >= 4 is 26.1 Å². The zero-order valence-electron chi connectivity index (χ0n) is 11.4. The topological polar surface area (TPSA) is 147 Å². The van der Waals surface area contributed by atoms with E-state index in [1.54, 1.807) is 40.0 Å². The van der Waals surface area contributed by atoms with Gasteiger partial charge in [-0.05, 0) is 5.56 Å². The molecule has 0 saturated heterocycles. The molecule has 0 saturated carbocycles. The van der Waals surface area contributed by atoms with Gasteiger partial charge < -0.3 is 5.11 Å². The van der Waals surface area contributed by atoms with Crippen LogP contribution < -0.4 is 9.66 Å². The van der Waals surface area contributed by atoms with Gasteiger partial charge in [-0.15, -0.1) is 9.66 Å². The molecule has 1 aromatic heterocycles. The van der Waals surface area contributed by atoms with Gasteiger partial charge in [-0.3, -0.25) is 0 Å². The average molecular weight is 360 g/mol. The van der Waals surface area contributed by atoms with Gasteiger partial charge in [-0.25, -0.2) is 21.6 Å². The molecule has 0 amide bonds. The lowest BCUT2D eigenvalue weighted by atomic mass is 10.2. The van der Waals surface area contributed by atoms with E-state index in [9.17, 15) is 21.6 Å². The molecule has 2 rings (SSSR count). The fraction of sp³-hybridized carbons (Fsp3) is 0.0909. The van der Waals surface area contributed by atoms with Crippen LogP contribution in [0.2, 0.25) is 0 Å². The summed E-state index contributed by atoms with van der Waals surface area (Å²) in [6, 6.07) is 8.16. The summed E-state index contributed by atoms with van der Waals surface area (Å²) in [5, 5.41) is 12.0. The van der Waals surface area contributed by atoms with Crippen molar-refractivity contribution in [2.45, 2.75) is 10.6 Å². The van der Waals surface area contributed by atoms with Gasteiger partial charge in [-0.1, -0.05) is 30.3 Å². The smallest absolute Gasteiger partial charge is 0.432 e. The molecule has 23 heavy (non-hydrogen) atoms. The van der Waals surface area contributed by atoms with E-state index in [-0.39, 0.29) is 0 Å². The summed E-state index contributed by atoms with van der Waals surface area (Å²) < 4.78 is 47.8. The van der Waals surface area contributed by atoms with Gasteiger partial charge in [0.2, 0.25) is 10.0 Å². The van der Waals surface area contributed by atoms with Crippen molar-refractivity contribution < 1.29 is 26.7 Å². The molecule has 0 bridgehead atoms. The third-order valence-corrected chi connectivity index (χ3v) is 5.05. The number of hydrogen-bond acceptors (Lipinski definition) is 6. The number of hydrogen-bond donors (Lipinski definition) is 3. The molecule has 2 aromatic rings. The molecule has 0 aliphatic heterocycles. The highest BCUT2D eigenvalue weighted by Crippen LogP contribution is 2.07. The maximum absolute atomic E-state index is 11.9. The predicted molar refractivity (Wildman–Crippen MR) is 78.2 cm³/mol. The maximum Gasteiger partial charge on any atom is 0.432 e. The van der Waals surface area contributed by atoms with E-state index in [4.69, 9.17) is 5.11 Å². The Kier molecular flexibility index (Phi) is 4.79. The Morgan fingerprint density at radius 1 is 1.13 bits per heavy atom. The van der Waals surface area contributed by atoms with Crippen molar-refractivity contribution in [3.05, 3.63) is 48.3 Å². The first-order valence-corrected chi connectivity index (χ1v) is 9.16. The van der Waals surface area contributed by atoms with E-state index in [0.29, 0.717) is 10.2 Å². The Labute approximate surface area is 131 Å². The highest BCUT2D eigenvalue weighted by molar-refractivity contribution is 7.92. The van der Waals surface area contributed by atoms with Crippen molar-refractivity contribution in [3.8, 4) is 0 Å². The molecule has 1 heterocycles. The SMILES string of the molecule is O=C(O)n1cc(S(=O)(=O)NNS(=O)(=O)Cc2ccccc2)cn1. The minimum Gasteiger partial charge on any atom is -0.463 e. The zero-order chi connectivity index (χ0) is 17.1. The minimum atomic E-state index is -4.29. The number of benzene rings is 1. The normalized spacial score (nSPS) is 12.2. The monoisotopic (exact) mass is 360 g/mol. The summed E-state index contributed by atoms with van der Waals surface area (Å²) >= 11 is 0. The molecule has 0 aliphatic carbocycles. The third-order valence-electron chi connectivity index (χ3n) is 2.60. The summed E-state index contributed by atoms with van der Waals surface area (Å²) in [6.07, 6.45) is 0.0362. The van der Waals surface area contributed by atoms with Crippen LogP contribution in [-0.4, -0.2) is 37.8 Å². The number of carbonyl (C=O) groups is 1. The lowest BCUT2D eigenvalue weighted by Gasteiger charge is -2.08. The predicted octanol–water partition coefficient (Wildman–Crippen LogP) is -0.278. The number of aromatic nitrogens is 2. The molecule has 0 radical (unpaired) electrons. The second-order valence-corrected chi connectivity index (χ2v) is 7.76. The minimum absolute atomic E-state index is 0.382. The molecule has 10 nitrogen and oxygen atoms in total. The summed E-state index contributed by atoms with van der Waals surface area (Å²) in [4.78, 5) is 13.5. The van der Waals surface area contributed by atoms with Crippen LogP contribution in [0.4, 0.5) is 4.79 Å². The van der Waals surface area contributed by atoms with Crippen LogP contribution in [0.1, 0.15) is 5.56 Å². The second kappa shape index (κ2) is 6.45. The Morgan fingerprint density at radius 3 is 2.35 bits per heavy atom. The standard InChI is InChI=1S/C11H12N4O6S2/c16-11(17)15-7-10(6-12-15)23(20,21)14-13-22(18,19)8-9-4-2-1-3-5-9/h1-7,13-14H,8H2,(H,16,17). The Morgan fingerprint density at radius 2 is 1.78 bits per heavy atom. The van der Waals surface area contributed by atoms with Crippen molar-refractivity contribution in [2.24, 2.45) is 0 Å². The fourth-order valence-electron chi connectivity index (χ4n) is 1.56. The summed E-state index contributed by atoms with van der Waals surface area (Å²) in [6.45, 7) is 0. The van der Waals surface area contributed by atoms with Crippen LogP contribution in [0.25, 0.3) is 0 Å². The number of sulfonamides is 2. The molecule has 0 fully saturated rings. The second-order valence-electron chi connectivity index (χ2n) is 4.36. The van der Waals surface area contributed by atoms with Crippen LogP contribution >= 0.6 is 0 Å². The van der Waals surface area contributed by atoms with Crippen LogP contribution in [0.15, 0.2) is 47.6 Å². The van der Waals surface area contributed by atoms with Gasteiger partial charge in [0.15, 0.2) is 0 Å². The van der Waals surface area contributed by atoms with Gasteiger partial charge in [0.1, 0.15) is 4.90 Å². The lowest BCUT2D eigenvalue weighted by Crippen LogP contribution is -2.41. The average Bonchev–Trinajstić information content (AvgIpc) is 2.97. The highest BCUT2D eigenvalue weighted by Gasteiger charge is 2.21. The molecule has 3 N–H and O–H groups in total. The summed E-state index contributed by atoms with van der Waals surface area (Å²) in [5.74, 6) is -0.426. The molecule has 12 heteroatoms. The van der Waals surface area contributed by atoms with Crippen LogP contribution in [0, 0.1) is 0 Å². The summed E-state index contributed by atoms with van der Waals surface area (Å²) in [7, 11) is -8.25. The van der Waals surface area contributed by atoms with Crippen molar-refractivity contribution in [1.82, 2.24) is 19.4 Å². The van der Waals surface area contributed by atoms with E-state index < -0.39 is 36.8 Å². The van der Waals surface area contributed by atoms with E-state index in [0.717, 1.165) is 12.4 Å². The maximum atomic E-state index is 11.9. The van der Waals surface area contributed by atoms with E-state index in [1.165, 1.54) is 0 Å². The van der Waals surface area contributed by atoms with E-state index in [1.807, 2.05) is 0 Å². The molecule has 0 atom stereocenters. The number of rotatable bonds is 6. The molecule has 0 spiro atoms. The molecule has 1 aromatic carbocycles. The van der Waals surface area contributed by atoms with Gasteiger partial charge in [0.25, 0.3) is 10.0 Å². The van der Waals surface area contributed by atoms with E-state index in [2.05, 4.69) is 5.10 Å². The Balaban J connectivity index is 2.07. The Bertz CT molecular complexity index is 905. The highest BCUT2D eigenvalue weighted by atomic mass is 32.2. The van der Waals surface area contributed by atoms with Crippen molar-refractivity contribution in [2.75, 3.05) is 0 Å². The van der Waals surface area contributed by atoms with Crippen LogP contribution in [0.5, 0.6) is 0 Å². The van der Waals surface area contributed by atoms with Gasteiger partial charge in [0.05, 0.1) is 18.1 Å². The lowest BCUT2D eigenvalue weighted by molar-refractivity contribution is 0.192. The molecular weight excluding hydrogens is 348 g/mol. The van der Waals surface area contributed by atoms with Crippen LogP contribution in [-0.2, 0) is 25.8 Å². The number of carboxylic acid groups (broad SMARTS) is 1. The number of nitrogens with zero attached hydrogens (tertiary/aromatic N) is 2. The molecule has 0 unspecified atom stereocenters. The van der Waals surface area contributed by atoms with Gasteiger partial charge in [-0.2, -0.15) is 9.78 Å². The zero-order valence-corrected chi connectivity index (χ0v) is 13.1. The number of hydrazine groups is 1. The van der Waals surface area contributed by atoms with Crippen molar-refractivity contribution in [1.29, 1.82) is 0 Å². The van der Waals surface area contributed by atoms with Crippen LogP contribution in [0.3, 0.4) is 0 Å². The summed E-state index contributed by atoms with van der Waals surface area (Å²) in [5.41, 5.74) is 0.470. The first-order valence-electron chi connectivity index (χ1n) is 6.03. The number of nitrogens with one attached hydrogen (secondary N) is 2. The van der Waals surface area contributed by atoms with Gasteiger partial charge >= 0.3 is 6.09 Å².